The molecule has 4 heteroatoms. The smallest absolute Gasteiger partial charge is 0.208 e. The largest absolute Gasteiger partial charge is 0.289 e. The first kappa shape index (κ1) is 15.9. The molecule has 1 aliphatic rings. The number of fused-ring (bicyclic) bond motifs is 2. The first-order chi connectivity index (χ1) is 10.7. The van der Waals surface area contributed by atoms with E-state index in [9.17, 15) is 13.2 Å². The molecule has 0 amide bonds. The van der Waals surface area contributed by atoms with Crippen molar-refractivity contribution >= 4 is 15.6 Å². The summed E-state index contributed by atoms with van der Waals surface area (Å²) in [5.74, 6) is 0.0515. The molecule has 0 saturated carbocycles. The standard InChI is InChI=1S/C19H20O3S/c1-11(2)13-9-15(12(3)4)19-16(10-13)18(20)14-7-5-6-8-17(14)23(19,21)22/h5-12H,1-4H3. The molecular weight excluding hydrogens is 308 g/mol. The first-order valence-corrected chi connectivity index (χ1v) is 9.30. The van der Waals surface area contributed by atoms with Gasteiger partial charge >= 0.3 is 0 Å². The number of benzene rings is 2. The van der Waals surface area contributed by atoms with Crippen molar-refractivity contribution in [2.45, 2.75) is 49.3 Å². The van der Waals surface area contributed by atoms with Crippen molar-refractivity contribution in [2.75, 3.05) is 0 Å². The summed E-state index contributed by atoms with van der Waals surface area (Å²) >= 11 is 0. The van der Waals surface area contributed by atoms with Crippen LogP contribution in [0.4, 0.5) is 0 Å². The number of sulfone groups is 1. The van der Waals surface area contributed by atoms with E-state index in [0.29, 0.717) is 5.56 Å². The minimum Gasteiger partial charge on any atom is -0.289 e. The monoisotopic (exact) mass is 328 g/mol. The summed E-state index contributed by atoms with van der Waals surface area (Å²) in [6.45, 7) is 8.00. The molecule has 0 aromatic heterocycles. The SMILES string of the molecule is CC(C)c1cc2c(c(C(C)C)c1)S(=O)(=O)c1ccccc1C2=O. The summed E-state index contributed by atoms with van der Waals surface area (Å²) in [6, 6.07) is 10.2. The third-order valence-corrected chi connectivity index (χ3v) is 6.29. The highest BCUT2D eigenvalue weighted by molar-refractivity contribution is 7.91. The molecule has 0 aliphatic carbocycles. The second-order valence-corrected chi connectivity index (χ2v) is 8.48. The fraction of sp³-hybridized carbons (Fsp3) is 0.316. The van der Waals surface area contributed by atoms with Crippen LogP contribution in [-0.2, 0) is 9.84 Å². The summed E-state index contributed by atoms with van der Waals surface area (Å²) in [5, 5.41) is 0. The number of rotatable bonds is 2. The molecule has 0 bridgehead atoms. The van der Waals surface area contributed by atoms with E-state index in [4.69, 9.17) is 0 Å². The van der Waals surface area contributed by atoms with Crippen LogP contribution in [0.3, 0.4) is 0 Å². The number of carbonyl (C=O) groups is 1. The zero-order chi connectivity index (χ0) is 16.9. The lowest BCUT2D eigenvalue weighted by Gasteiger charge is -2.24. The van der Waals surface area contributed by atoms with E-state index in [1.165, 1.54) is 6.07 Å². The molecule has 0 fully saturated rings. The molecule has 0 unspecified atom stereocenters. The molecule has 0 radical (unpaired) electrons. The summed E-state index contributed by atoms with van der Waals surface area (Å²) < 4.78 is 26.2. The maximum absolute atomic E-state index is 13.1. The van der Waals surface area contributed by atoms with Crippen molar-refractivity contribution < 1.29 is 13.2 Å². The van der Waals surface area contributed by atoms with Crippen molar-refractivity contribution in [2.24, 2.45) is 0 Å². The molecule has 120 valence electrons. The van der Waals surface area contributed by atoms with E-state index < -0.39 is 9.84 Å². The van der Waals surface area contributed by atoms with Crippen molar-refractivity contribution in [3.63, 3.8) is 0 Å². The van der Waals surface area contributed by atoms with Crippen LogP contribution in [0.25, 0.3) is 0 Å². The summed E-state index contributed by atoms with van der Waals surface area (Å²) in [4.78, 5) is 13.2. The lowest BCUT2D eigenvalue weighted by molar-refractivity contribution is 0.103. The van der Waals surface area contributed by atoms with Gasteiger partial charge in [-0.3, -0.25) is 4.79 Å². The van der Waals surface area contributed by atoms with E-state index >= 15 is 0 Å². The average Bonchev–Trinajstić information content (AvgIpc) is 2.51. The van der Waals surface area contributed by atoms with E-state index in [0.717, 1.165) is 11.1 Å². The quantitative estimate of drug-likeness (QED) is 0.704. The number of carbonyl (C=O) groups excluding carboxylic acids is 1. The van der Waals surface area contributed by atoms with Gasteiger partial charge in [-0.05, 0) is 41.2 Å². The molecule has 0 saturated heterocycles. The first-order valence-electron chi connectivity index (χ1n) is 7.81. The number of ketones is 1. The van der Waals surface area contributed by atoms with E-state index in [-0.39, 0.29) is 33.0 Å². The molecule has 0 atom stereocenters. The van der Waals surface area contributed by atoms with Gasteiger partial charge in [-0.2, -0.15) is 0 Å². The summed E-state index contributed by atoms with van der Waals surface area (Å²) in [5.41, 5.74) is 2.32. The lowest BCUT2D eigenvalue weighted by Crippen LogP contribution is -2.22. The van der Waals surface area contributed by atoms with Crippen LogP contribution in [0.1, 0.15) is 66.6 Å². The highest BCUT2D eigenvalue weighted by atomic mass is 32.2. The Hall–Kier alpha value is -1.94. The third kappa shape index (κ3) is 2.32. The molecule has 2 aromatic rings. The zero-order valence-electron chi connectivity index (χ0n) is 13.8. The van der Waals surface area contributed by atoms with Gasteiger partial charge in [0.25, 0.3) is 0 Å². The van der Waals surface area contributed by atoms with Gasteiger partial charge in [-0.15, -0.1) is 0 Å². The third-order valence-electron chi connectivity index (χ3n) is 4.36. The Labute approximate surface area is 137 Å². The van der Waals surface area contributed by atoms with Crippen LogP contribution in [0.5, 0.6) is 0 Å². The van der Waals surface area contributed by atoms with Gasteiger partial charge in [0.1, 0.15) is 0 Å². The highest BCUT2D eigenvalue weighted by Crippen LogP contribution is 2.40. The molecule has 3 rings (SSSR count). The van der Waals surface area contributed by atoms with Gasteiger partial charge in [0, 0.05) is 11.1 Å². The van der Waals surface area contributed by atoms with Gasteiger partial charge in [0.15, 0.2) is 5.78 Å². The second kappa shape index (κ2) is 5.31. The molecule has 0 spiro atoms. The van der Waals surface area contributed by atoms with E-state index in [1.54, 1.807) is 24.3 Å². The number of hydrogen-bond acceptors (Lipinski definition) is 3. The maximum atomic E-state index is 13.1. The normalized spacial score (nSPS) is 15.7. The fourth-order valence-corrected chi connectivity index (χ4v) is 5.02. The van der Waals surface area contributed by atoms with Crippen molar-refractivity contribution in [1.29, 1.82) is 0 Å². The Morgan fingerprint density at radius 2 is 1.52 bits per heavy atom. The Morgan fingerprint density at radius 3 is 2.13 bits per heavy atom. The van der Waals surface area contributed by atoms with Crippen molar-refractivity contribution in [3.8, 4) is 0 Å². The number of hydrogen-bond donors (Lipinski definition) is 0. The van der Waals surface area contributed by atoms with Crippen LogP contribution in [0.15, 0.2) is 46.2 Å². The molecule has 2 aromatic carbocycles. The molecular formula is C19H20O3S. The van der Waals surface area contributed by atoms with E-state index in [2.05, 4.69) is 0 Å². The Balaban J connectivity index is 2.44. The van der Waals surface area contributed by atoms with Gasteiger partial charge < -0.3 is 0 Å². The molecule has 23 heavy (non-hydrogen) atoms. The fourth-order valence-electron chi connectivity index (χ4n) is 3.05. The topological polar surface area (TPSA) is 51.2 Å². The predicted octanol–water partition coefficient (Wildman–Crippen LogP) is 4.31. The maximum Gasteiger partial charge on any atom is 0.208 e. The molecule has 0 N–H and O–H groups in total. The van der Waals surface area contributed by atoms with Crippen LogP contribution >= 0.6 is 0 Å². The minimum atomic E-state index is -3.67. The van der Waals surface area contributed by atoms with Gasteiger partial charge in [0.05, 0.1) is 9.79 Å². The van der Waals surface area contributed by atoms with Gasteiger partial charge in [0.2, 0.25) is 9.84 Å². The average molecular weight is 328 g/mol. The van der Waals surface area contributed by atoms with Crippen molar-refractivity contribution in [3.05, 3.63) is 58.7 Å². The zero-order valence-corrected chi connectivity index (χ0v) is 14.6. The van der Waals surface area contributed by atoms with Crippen LogP contribution in [0.2, 0.25) is 0 Å². The highest BCUT2D eigenvalue weighted by Gasteiger charge is 2.37. The van der Waals surface area contributed by atoms with E-state index in [1.807, 2.05) is 33.8 Å². The summed E-state index contributed by atoms with van der Waals surface area (Å²) in [6.07, 6.45) is 0. The summed E-state index contributed by atoms with van der Waals surface area (Å²) in [7, 11) is -3.67. The minimum absolute atomic E-state index is 0.0234. The second-order valence-electron chi connectivity index (χ2n) is 6.62. The lowest BCUT2D eigenvalue weighted by atomic mass is 9.90. The Morgan fingerprint density at radius 1 is 0.870 bits per heavy atom. The van der Waals surface area contributed by atoms with Crippen LogP contribution < -0.4 is 0 Å². The Kier molecular flexibility index (Phi) is 3.68. The molecule has 1 heterocycles. The van der Waals surface area contributed by atoms with Crippen LogP contribution in [-0.4, -0.2) is 14.2 Å². The predicted molar refractivity (Wildman–Crippen MR) is 89.9 cm³/mol. The van der Waals surface area contributed by atoms with Gasteiger partial charge in [-0.25, -0.2) is 8.42 Å². The molecule has 3 nitrogen and oxygen atoms in total. The Bertz CT molecular complexity index is 906. The van der Waals surface area contributed by atoms with Gasteiger partial charge in [-0.1, -0.05) is 45.9 Å². The van der Waals surface area contributed by atoms with Crippen LogP contribution in [0, 0.1) is 0 Å². The van der Waals surface area contributed by atoms with Crippen molar-refractivity contribution in [1.82, 2.24) is 0 Å². The molecule has 1 aliphatic heterocycles.